The Kier molecular flexibility index (Phi) is 8.61. The van der Waals surface area contributed by atoms with Crippen molar-refractivity contribution in [2.75, 3.05) is 5.32 Å². The molecule has 0 heterocycles. The number of hydrogen-bond acceptors (Lipinski definition) is 2. The largest absolute Gasteiger partial charge is 0.401 e. The van der Waals surface area contributed by atoms with Gasteiger partial charge in [0.05, 0.1) is 11.1 Å². The van der Waals surface area contributed by atoms with Crippen LogP contribution in [0.4, 0.5) is 5.69 Å². The van der Waals surface area contributed by atoms with Crippen molar-refractivity contribution in [3.05, 3.63) is 198 Å². The zero-order valence-electron chi connectivity index (χ0n) is 30.2. The molecule has 0 aromatic heterocycles. The molecular weight excluding hydrogens is 629 g/mol. The Morgan fingerprint density at radius 1 is 0.615 bits per heavy atom. The zero-order chi connectivity index (χ0) is 35.8. The maximum absolute atomic E-state index is 6.12. The lowest BCUT2D eigenvalue weighted by molar-refractivity contribution is 0.802. The Hall–Kier alpha value is -6.12. The predicted molar refractivity (Wildman–Crippen MR) is 224 cm³/mol. The van der Waals surface area contributed by atoms with Gasteiger partial charge in [-0.25, -0.2) is 0 Å². The molecule has 0 saturated heterocycles. The molecule has 9 rings (SSSR count). The Balaban J connectivity index is 0.000000922. The first-order valence-corrected chi connectivity index (χ1v) is 18.4. The molecule has 0 bridgehead atoms. The van der Waals surface area contributed by atoms with Crippen molar-refractivity contribution in [3.8, 4) is 33.4 Å². The summed E-state index contributed by atoms with van der Waals surface area (Å²) in [6.45, 7) is 10.0. The lowest BCUT2D eigenvalue weighted by Crippen LogP contribution is -2.26. The summed E-state index contributed by atoms with van der Waals surface area (Å²) >= 11 is 0. The van der Waals surface area contributed by atoms with E-state index in [0.29, 0.717) is 0 Å². The van der Waals surface area contributed by atoms with E-state index >= 15 is 0 Å². The second-order valence-electron chi connectivity index (χ2n) is 13.9. The van der Waals surface area contributed by atoms with Gasteiger partial charge in [-0.1, -0.05) is 155 Å². The molecule has 2 heteroatoms. The van der Waals surface area contributed by atoms with Crippen LogP contribution >= 0.6 is 0 Å². The lowest BCUT2D eigenvalue weighted by Gasteiger charge is -2.31. The van der Waals surface area contributed by atoms with Crippen LogP contribution < -0.4 is 11.1 Å². The highest BCUT2D eigenvalue weighted by Gasteiger charge is 2.52. The average Bonchev–Trinajstić information content (AvgIpc) is 3.65. The second kappa shape index (κ2) is 13.5. The highest BCUT2D eigenvalue weighted by Crippen LogP contribution is 2.64. The van der Waals surface area contributed by atoms with E-state index in [4.69, 9.17) is 5.73 Å². The van der Waals surface area contributed by atoms with E-state index in [1.165, 1.54) is 90.0 Å². The van der Waals surface area contributed by atoms with Crippen molar-refractivity contribution >= 4 is 27.2 Å². The van der Waals surface area contributed by atoms with Crippen molar-refractivity contribution in [1.29, 1.82) is 0 Å². The molecule has 0 radical (unpaired) electrons. The Morgan fingerprint density at radius 3 is 1.87 bits per heavy atom. The Labute approximate surface area is 307 Å². The number of nitrogens with two attached hydrogens (primary N) is 1. The van der Waals surface area contributed by atoms with Gasteiger partial charge in [0.1, 0.15) is 0 Å². The van der Waals surface area contributed by atoms with E-state index in [1.807, 2.05) is 19.1 Å². The quantitative estimate of drug-likeness (QED) is 0.173. The average molecular weight is 673 g/mol. The second-order valence-corrected chi connectivity index (χ2v) is 13.9. The fourth-order valence-corrected chi connectivity index (χ4v) is 8.18. The summed E-state index contributed by atoms with van der Waals surface area (Å²) in [6, 6.07) is 51.9. The van der Waals surface area contributed by atoms with Crippen LogP contribution in [0, 0.1) is 0 Å². The van der Waals surface area contributed by atoms with Gasteiger partial charge in [-0.15, -0.1) is 0 Å². The summed E-state index contributed by atoms with van der Waals surface area (Å²) in [5.74, 6) is 0. The minimum Gasteiger partial charge on any atom is -0.401 e. The summed E-state index contributed by atoms with van der Waals surface area (Å²) < 4.78 is 0. The summed E-state index contributed by atoms with van der Waals surface area (Å²) in [4.78, 5) is 0. The molecule has 7 aromatic rings. The van der Waals surface area contributed by atoms with Gasteiger partial charge >= 0.3 is 0 Å². The van der Waals surface area contributed by atoms with Crippen molar-refractivity contribution < 1.29 is 0 Å². The van der Waals surface area contributed by atoms with Crippen LogP contribution in [0.5, 0.6) is 0 Å². The lowest BCUT2D eigenvalue weighted by atomic mass is 9.69. The SMILES string of the molecule is C=C/C=C\C(Nc1ccc(-c2ccc3c4c(ccc3c2)-c2cc3ccccc3cc2C42c3ccccc3-c3ccccc32)cc1)=C(/C)N.CCCC. The van der Waals surface area contributed by atoms with E-state index in [0.717, 1.165) is 17.1 Å². The van der Waals surface area contributed by atoms with Crippen LogP contribution in [0.2, 0.25) is 0 Å². The van der Waals surface area contributed by atoms with Gasteiger partial charge in [-0.2, -0.15) is 0 Å². The van der Waals surface area contributed by atoms with Crippen molar-refractivity contribution in [3.63, 3.8) is 0 Å². The molecule has 0 saturated carbocycles. The first-order chi connectivity index (χ1) is 25.5. The number of allylic oxidation sites excluding steroid dienone is 4. The minimum atomic E-state index is -0.400. The molecule has 52 heavy (non-hydrogen) atoms. The van der Waals surface area contributed by atoms with Crippen LogP contribution in [-0.2, 0) is 5.41 Å². The number of fused-ring (bicyclic) bond motifs is 13. The van der Waals surface area contributed by atoms with Crippen LogP contribution in [-0.4, -0.2) is 0 Å². The molecule has 7 aromatic carbocycles. The molecule has 2 nitrogen and oxygen atoms in total. The van der Waals surface area contributed by atoms with E-state index in [-0.39, 0.29) is 0 Å². The fourth-order valence-electron chi connectivity index (χ4n) is 8.18. The maximum atomic E-state index is 6.12. The molecule has 3 N–H and O–H groups in total. The molecule has 0 unspecified atom stereocenters. The van der Waals surface area contributed by atoms with Gasteiger partial charge in [0.2, 0.25) is 0 Å². The summed E-state index contributed by atoms with van der Waals surface area (Å²) in [5, 5.41) is 8.52. The van der Waals surface area contributed by atoms with Gasteiger partial charge in [0, 0.05) is 11.4 Å². The molecule has 254 valence electrons. The Morgan fingerprint density at radius 2 is 1.23 bits per heavy atom. The molecule has 1 spiro atoms. The fraction of sp³-hybridized carbons (Fsp3) is 0.120. The summed E-state index contributed by atoms with van der Waals surface area (Å²) in [5.41, 5.74) is 21.4. The van der Waals surface area contributed by atoms with Crippen LogP contribution in [0.3, 0.4) is 0 Å². The van der Waals surface area contributed by atoms with Gasteiger partial charge < -0.3 is 11.1 Å². The zero-order valence-corrected chi connectivity index (χ0v) is 30.2. The predicted octanol–water partition coefficient (Wildman–Crippen LogP) is 13.2. The molecule has 0 amide bonds. The van der Waals surface area contributed by atoms with Gasteiger partial charge in [0.15, 0.2) is 0 Å². The number of nitrogens with one attached hydrogen (secondary N) is 1. The normalized spacial score (nSPS) is 13.6. The number of rotatable bonds is 6. The van der Waals surface area contributed by atoms with E-state index in [9.17, 15) is 0 Å². The number of hydrogen-bond donors (Lipinski definition) is 2. The topological polar surface area (TPSA) is 38.0 Å². The van der Waals surface area contributed by atoms with E-state index in [2.05, 4.69) is 165 Å². The van der Waals surface area contributed by atoms with Crippen LogP contribution in [0.25, 0.3) is 54.9 Å². The van der Waals surface area contributed by atoms with Crippen molar-refractivity contribution in [1.82, 2.24) is 0 Å². The smallest absolute Gasteiger partial charge is 0.0731 e. The number of unbranched alkanes of at least 4 members (excludes halogenated alkanes) is 1. The number of anilines is 1. The van der Waals surface area contributed by atoms with Crippen LogP contribution in [0.1, 0.15) is 55.9 Å². The summed E-state index contributed by atoms with van der Waals surface area (Å²) in [7, 11) is 0. The van der Waals surface area contributed by atoms with Gasteiger partial charge in [-0.3, -0.25) is 0 Å². The highest BCUT2D eigenvalue weighted by molar-refractivity contribution is 6.06. The van der Waals surface area contributed by atoms with Crippen LogP contribution in [0.15, 0.2) is 176 Å². The van der Waals surface area contributed by atoms with Gasteiger partial charge in [-0.05, 0) is 121 Å². The standard InChI is InChI=1S/C46H34N2.C4H10/c1-3-4-17-44(29(2)47)48-35-22-18-30(19-23-35)33-20-24-36-34(26-33)21-25-39-40-27-31-11-5-6-12-32(31)28-43(40)46(45(36)39)41-15-9-7-13-37(41)38-14-8-10-16-42(38)46;1-3-4-2/h3-28,48H,1,47H2,2H3;3-4H2,1-2H3/b17-4-,44-29-;. The minimum absolute atomic E-state index is 0.400. The third-order valence-corrected chi connectivity index (χ3v) is 10.7. The molecular formula is C50H44N2. The highest BCUT2D eigenvalue weighted by atomic mass is 14.9. The molecule has 2 aliphatic rings. The third kappa shape index (κ3) is 5.26. The monoisotopic (exact) mass is 672 g/mol. The third-order valence-electron chi connectivity index (χ3n) is 10.7. The van der Waals surface area contributed by atoms with E-state index in [1.54, 1.807) is 6.08 Å². The Bertz CT molecular complexity index is 2500. The van der Waals surface area contributed by atoms with Crippen molar-refractivity contribution in [2.24, 2.45) is 5.73 Å². The molecule has 0 atom stereocenters. The first-order valence-electron chi connectivity index (χ1n) is 18.4. The molecule has 2 aliphatic carbocycles. The van der Waals surface area contributed by atoms with Crippen molar-refractivity contribution in [2.45, 2.75) is 39.0 Å². The van der Waals surface area contributed by atoms with Gasteiger partial charge in [0.25, 0.3) is 0 Å². The number of benzene rings is 7. The van der Waals surface area contributed by atoms with E-state index < -0.39 is 5.41 Å². The molecule has 0 fully saturated rings. The maximum Gasteiger partial charge on any atom is 0.0731 e. The first kappa shape index (κ1) is 33.0. The molecule has 0 aliphatic heterocycles. The summed E-state index contributed by atoms with van der Waals surface area (Å²) in [6.07, 6.45) is 8.20.